The summed E-state index contributed by atoms with van der Waals surface area (Å²) in [6, 6.07) is 19.8. The molecular formula is C22H23N3. The first-order valence-corrected chi connectivity index (χ1v) is 9.18. The lowest BCUT2D eigenvalue weighted by molar-refractivity contribution is 0.0472. The van der Waals surface area contributed by atoms with Gasteiger partial charge in [0.1, 0.15) is 0 Å². The predicted molar refractivity (Wildman–Crippen MR) is 101 cm³/mol. The van der Waals surface area contributed by atoms with Crippen LogP contribution in [0.5, 0.6) is 0 Å². The van der Waals surface area contributed by atoms with E-state index in [4.69, 9.17) is 4.98 Å². The van der Waals surface area contributed by atoms with Gasteiger partial charge in [0.2, 0.25) is 0 Å². The third kappa shape index (κ3) is 2.55. The summed E-state index contributed by atoms with van der Waals surface area (Å²) in [6.07, 6.45) is 0. The Hall–Kier alpha value is -2.23. The summed E-state index contributed by atoms with van der Waals surface area (Å²) in [7, 11) is 0. The van der Waals surface area contributed by atoms with E-state index < -0.39 is 0 Å². The van der Waals surface area contributed by atoms with Gasteiger partial charge in [-0.1, -0.05) is 48.5 Å². The Kier molecular flexibility index (Phi) is 3.58. The second-order valence-corrected chi connectivity index (χ2v) is 7.32. The third-order valence-electron chi connectivity index (χ3n) is 5.81. The molecular weight excluding hydrogens is 306 g/mol. The topological polar surface area (TPSA) is 19.4 Å². The lowest BCUT2D eigenvalue weighted by atomic mass is 9.91. The average molecular weight is 329 g/mol. The normalized spacial score (nSPS) is 22.8. The predicted octanol–water partition coefficient (Wildman–Crippen LogP) is 3.92. The van der Waals surface area contributed by atoms with Crippen molar-refractivity contribution in [2.45, 2.75) is 26.1 Å². The standard InChI is InChI=1S/C22H23N3/c1-16-18-9-5-6-10-20(18)23-22-19(16)14-24-11-12-25(21(22)15-24)13-17-7-3-2-4-8-17/h2-10,21H,11-15H2,1H3/t21-/m0/s1. The van der Waals surface area contributed by atoms with E-state index in [9.17, 15) is 0 Å². The van der Waals surface area contributed by atoms with Gasteiger partial charge in [-0.25, -0.2) is 0 Å². The van der Waals surface area contributed by atoms with Gasteiger partial charge in [0.25, 0.3) is 0 Å². The monoisotopic (exact) mass is 329 g/mol. The highest BCUT2D eigenvalue weighted by Gasteiger charge is 2.36. The Morgan fingerprint density at radius 2 is 1.80 bits per heavy atom. The molecule has 0 radical (unpaired) electrons. The van der Waals surface area contributed by atoms with E-state index in [0.29, 0.717) is 6.04 Å². The SMILES string of the molecule is Cc1c2c(nc3ccccc13)[C@@H]1CN(CCN1Cc1ccccc1)C2. The van der Waals surface area contributed by atoms with Crippen molar-refractivity contribution in [3.8, 4) is 0 Å². The number of piperazine rings is 1. The summed E-state index contributed by atoms with van der Waals surface area (Å²) in [4.78, 5) is 10.3. The number of aryl methyl sites for hydroxylation is 1. The molecule has 3 aromatic rings. The second-order valence-electron chi connectivity index (χ2n) is 7.32. The Balaban J connectivity index is 1.59. The molecule has 25 heavy (non-hydrogen) atoms. The highest BCUT2D eigenvalue weighted by atomic mass is 15.3. The second kappa shape index (κ2) is 5.94. The molecule has 126 valence electrons. The van der Waals surface area contributed by atoms with E-state index in [1.165, 1.54) is 27.8 Å². The van der Waals surface area contributed by atoms with Gasteiger partial charge in [-0.15, -0.1) is 0 Å². The minimum atomic E-state index is 0.404. The molecule has 0 N–H and O–H groups in total. The van der Waals surface area contributed by atoms with Crippen LogP contribution in [0.25, 0.3) is 10.9 Å². The number of pyridine rings is 1. The van der Waals surface area contributed by atoms with E-state index in [2.05, 4.69) is 71.3 Å². The fraction of sp³-hybridized carbons (Fsp3) is 0.318. The van der Waals surface area contributed by atoms with Crippen molar-refractivity contribution in [3.05, 3.63) is 77.0 Å². The molecule has 1 saturated heterocycles. The van der Waals surface area contributed by atoms with Crippen molar-refractivity contribution in [1.29, 1.82) is 0 Å². The molecule has 1 aromatic heterocycles. The van der Waals surface area contributed by atoms with Crippen LogP contribution in [-0.2, 0) is 13.1 Å². The van der Waals surface area contributed by atoms with Crippen LogP contribution >= 0.6 is 0 Å². The Morgan fingerprint density at radius 3 is 2.68 bits per heavy atom. The Labute approximate surface area is 148 Å². The van der Waals surface area contributed by atoms with Crippen molar-refractivity contribution in [3.63, 3.8) is 0 Å². The quantitative estimate of drug-likeness (QED) is 0.710. The molecule has 0 spiro atoms. The first kappa shape index (κ1) is 15.1. The number of aromatic nitrogens is 1. The van der Waals surface area contributed by atoms with Crippen LogP contribution in [-0.4, -0.2) is 34.4 Å². The number of para-hydroxylation sites is 1. The molecule has 0 saturated carbocycles. The number of fused-ring (bicyclic) bond motifs is 5. The first-order chi connectivity index (χ1) is 12.3. The molecule has 2 aliphatic rings. The molecule has 2 aromatic carbocycles. The Bertz CT molecular complexity index is 919. The molecule has 2 aliphatic heterocycles. The van der Waals surface area contributed by atoms with Crippen molar-refractivity contribution in [2.75, 3.05) is 19.6 Å². The molecule has 2 bridgehead atoms. The highest BCUT2D eigenvalue weighted by molar-refractivity contribution is 5.83. The lowest BCUT2D eigenvalue weighted by Gasteiger charge is -2.46. The maximum Gasteiger partial charge on any atom is 0.0708 e. The van der Waals surface area contributed by atoms with E-state index in [1.807, 2.05) is 0 Å². The maximum atomic E-state index is 5.12. The zero-order valence-electron chi connectivity index (χ0n) is 14.7. The fourth-order valence-electron chi connectivity index (χ4n) is 4.43. The van der Waals surface area contributed by atoms with Gasteiger partial charge in [0.15, 0.2) is 0 Å². The van der Waals surface area contributed by atoms with E-state index in [-0.39, 0.29) is 0 Å². The smallest absolute Gasteiger partial charge is 0.0708 e. The van der Waals surface area contributed by atoms with Gasteiger partial charge in [-0.3, -0.25) is 14.8 Å². The first-order valence-electron chi connectivity index (χ1n) is 9.18. The third-order valence-corrected chi connectivity index (χ3v) is 5.81. The molecule has 1 fully saturated rings. The van der Waals surface area contributed by atoms with Crippen LogP contribution in [0.2, 0.25) is 0 Å². The van der Waals surface area contributed by atoms with Crippen molar-refractivity contribution >= 4 is 10.9 Å². The highest BCUT2D eigenvalue weighted by Crippen LogP contribution is 2.37. The van der Waals surface area contributed by atoms with Crippen LogP contribution in [0.1, 0.15) is 28.4 Å². The number of nitrogens with zero attached hydrogens (tertiary/aromatic N) is 3. The van der Waals surface area contributed by atoms with Crippen LogP contribution in [0, 0.1) is 6.92 Å². The van der Waals surface area contributed by atoms with Crippen molar-refractivity contribution in [2.24, 2.45) is 0 Å². The van der Waals surface area contributed by atoms with Gasteiger partial charge >= 0.3 is 0 Å². The summed E-state index contributed by atoms with van der Waals surface area (Å²) in [5, 5.41) is 1.30. The number of hydrogen-bond acceptors (Lipinski definition) is 3. The van der Waals surface area contributed by atoms with Gasteiger partial charge in [-0.2, -0.15) is 0 Å². The number of benzene rings is 2. The number of hydrogen-bond donors (Lipinski definition) is 0. The molecule has 3 nitrogen and oxygen atoms in total. The zero-order valence-corrected chi connectivity index (χ0v) is 14.7. The van der Waals surface area contributed by atoms with Gasteiger partial charge in [-0.05, 0) is 29.7 Å². The maximum absolute atomic E-state index is 5.12. The van der Waals surface area contributed by atoms with Crippen molar-refractivity contribution in [1.82, 2.24) is 14.8 Å². The molecule has 1 unspecified atom stereocenters. The van der Waals surface area contributed by atoms with Crippen LogP contribution in [0.15, 0.2) is 54.6 Å². The van der Waals surface area contributed by atoms with Crippen LogP contribution < -0.4 is 0 Å². The summed E-state index contributed by atoms with van der Waals surface area (Å²) in [6.45, 7) is 7.69. The van der Waals surface area contributed by atoms with Gasteiger partial charge in [0.05, 0.1) is 17.3 Å². The summed E-state index contributed by atoms with van der Waals surface area (Å²) >= 11 is 0. The van der Waals surface area contributed by atoms with E-state index >= 15 is 0 Å². The molecule has 0 amide bonds. The summed E-state index contributed by atoms with van der Waals surface area (Å²) in [5.74, 6) is 0. The van der Waals surface area contributed by atoms with Crippen LogP contribution in [0.4, 0.5) is 0 Å². The number of rotatable bonds is 2. The summed E-state index contributed by atoms with van der Waals surface area (Å²) in [5.41, 5.74) is 6.70. The molecule has 5 rings (SSSR count). The van der Waals surface area contributed by atoms with E-state index in [0.717, 1.165) is 38.2 Å². The minimum absolute atomic E-state index is 0.404. The molecule has 3 heteroatoms. The van der Waals surface area contributed by atoms with Crippen LogP contribution in [0.3, 0.4) is 0 Å². The van der Waals surface area contributed by atoms with Gasteiger partial charge < -0.3 is 0 Å². The largest absolute Gasteiger partial charge is 0.296 e. The van der Waals surface area contributed by atoms with E-state index in [1.54, 1.807) is 0 Å². The molecule has 2 atom stereocenters. The molecule has 0 aliphatic carbocycles. The fourth-order valence-corrected chi connectivity index (χ4v) is 4.43. The summed E-state index contributed by atoms with van der Waals surface area (Å²) < 4.78 is 0. The average Bonchev–Trinajstić information content (AvgIpc) is 2.66. The van der Waals surface area contributed by atoms with Gasteiger partial charge in [0, 0.05) is 38.1 Å². The minimum Gasteiger partial charge on any atom is -0.296 e. The molecule has 3 heterocycles. The zero-order chi connectivity index (χ0) is 16.8. The van der Waals surface area contributed by atoms with Crippen molar-refractivity contribution < 1.29 is 0 Å². The lowest BCUT2D eigenvalue weighted by Crippen LogP contribution is -2.51. The Morgan fingerprint density at radius 1 is 1.00 bits per heavy atom.